The van der Waals surface area contributed by atoms with Gasteiger partial charge in [0, 0.05) is 24.8 Å². The summed E-state index contributed by atoms with van der Waals surface area (Å²) in [5.74, 6) is -0.363. The molecule has 0 radical (unpaired) electrons. The van der Waals surface area contributed by atoms with Crippen LogP contribution in [-0.2, 0) is 12.6 Å². The summed E-state index contributed by atoms with van der Waals surface area (Å²) in [5.41, 5.74) is 0.553. The number of aromatic amines is 1. The van der Waals surface area contributed by atoms with E-state index in [0.29, 0.717) is 16.5 Å². The van der Waals surface area contributed by atoms with Crippen LogP contribution < -0.4 is 10.9 Å². The van der Waals surface area contributed by atoms with Crippen molar-refractivity contribution in [1.29, 1.82) is 0 Å². The monoisotopic (exact) mass is 413 g/mol. The molecule has 1 fully saturated rings. The molecule has 1 amide bonds. The summed E-state index contributed by atoms with van der Waals surface area (Å²) < 4.78 is 1.39. The SMILES string of the molecule is Cn1cc(C(=O)N[C@](C)(c2ccccc2)C2(O)C3=CC=CCC=C32)c2cc[nH]c2c1=O. The summed E-state index contributed by atoms with van der Waals surface area (Å²) in [6.45, 7) is 1.84. The lowest BCUT2D eigenvalue weighted by Crippen LogP contribution is -2.54. The number of aryl methyl sites for hydroxylation is 1. The Morgan fingerprint density at radius 2 is 2.00 bits per heavy atom. The maximum absolute atomic E-state index is 13.6. The van der Waals surface area contributed by atoms with Gasteiger partial charge >= 0.3 is 0 Å². The van der Waals surface area contributed by atoms with Crippen LogP contribution in [0.2, 0.25) is 0 Å². The highest BCUT2D eigenvalue weighted by Gasteiger charge is 2.66. The lowest BCUT2D eigenvalue weighted by molar-refractivity contribution is 0.0573. The molecular weight excluding hydrogens is 390 g/mol. The summed E-state index contributed by atoms with van der Waals surface area (Å²) in [5, 5.41) is 15.5. The lowest BCUT2D eigenvalue weighted by atomic mass is 9.82. The zero-order chi connectivity index (χ0) is 21.8. The van der Waals surface area contributed by atoms with Gasteiger partial charge in [-0.15, -0.1) is 0 Å². The van der Waals surface area contributed by atoms with Gasteiger partial charge in [-0.3, -0.25) is 9.59 Å². The fourth-order valence-electron chi connectivity index (χ4n) is 4.63. The average Bonchev–Trinajstić information content (AvgIpc) is 3.17. The first kappa shape index (κ1) is 19.3. The van der Waals surface area contributed by atoms with E-state index >= 15 is 0 Å². The van der Waals surface area contributed by atoms with Crippen LogP contribution in [0.25, 0.3) is 10.9 Å². The Morgan fingerprint density at radius 1 is 1.23 bits per heavy atom. The molecule has 156 valence electrons. The van der Waals surface area contributed by atoms with Crippen LogP contribution in [0.5, 0.6) is 0 Å². The van der Waals surface area contributed by atoms with Crippen molar-refractivity contribution in [2.75, 3.05) is 0 Å². The molecule has 2 aliphatic rings. The predicted octanol–water partition coefficient (Wildman–Crippen LogP) is 3.07. The van der Waals surface area contributed by atoms with Gasteiger partial charge in [-0.2, -0.15) is 0 Å². The summed E-state index contributed by atoms with van der Waals surface area (Å²) in [6.07, 6.45) is 11.8. The molecule has 1 saturated carbocycles. The topological polar surface area (TPSA) is 87.1 Å². The van der Waals surface area contributed by atoms with Crippen molar-refractivity contribution >= 4 is 16.8 Å². The van der Waals surface area contributed by atoms with Gasteiger partial charge in [-0.25, -0.2) is 0 Å². The van der Waals surface area contributed by atoms with Gasteiger partial charge < -0.3 is 20.0 Å². The number of H-pyrrole nitrogens is 1. The third kappa shape index (κ3) is 2.68. The zero-order valence-electron chi connectivity index (χ0n) is 17.3. The highest BCUT2D eigenvalue weighted by molar-refractivity contribution is 6.06. The molecule has 5 rings (SSSR count). The Kier molecular flexibility index (Phi) is 4.17. The standard InChI is InChI=1S/C25H23N3O3/c1-24(16-9-5-3-6-10-16,25(31)19-11-7-4-8-12-20(19)25)27-22(29)18-15-28(2)23(30)21-17(18)13-14-26-21/h3-7,9-15,26,31H,8H2,1-2H3,(H,27,29)/t24-,25?/m1/s1. The van der Waals surface area contributed by atoms with E-state index in [1.807, 2.05) is 61.6 Å². The second-order valence-corrected chi connectivity index (χ2v) is 8.24. The van der Waals surface area contributed by atoms with Gasteiger partial charge in [-0.05, 0) is 36.1 Å². The van der Waals surface area contributed by atoms with E-state index < -0.39 is 11.1 Å². The number of aromatic nitrogens is 2. The fourth-order valence-corrected chi connectivity index (χ4v) is 4.63. The van der Waals surface area contributed by atoms with Gasteiger partial charge in [0.2, 0.25) is 0 Å². The van der Waals surface area contributed by atoms with E-state index in [1.165, 1.54) is 10.8 Å². The molecule has 3 N–H and O–H groups in total. The summed E-state index contributed by atoms with van der Waals surface area (Å²) >= 11 is 0. The van der Waals surface area contributed by atoms with Crippen molar-refractivity contribution in [2.45, 2.75) is 24.5 Å². The Bertz CT molecular complexity index is 1360. The molecule has 2 atom stereocenters. The molecule has 0 bridgehead atoms. The van der Waals surface area contributed by atoms with Crippen LogP contribution in [0.15, 0.2) is 89.0 Å². The first-order chi connectivity index (χ1) is 14.9. The number of fused-ring (bicyclic) bond motifs is 2. The van der Waals surface area contributed by atoms with Crippen LogP contribution in [0.4, 0.5) is 0 Å². The van der Waals surface area contributed by atoms with Gasteiger partial charge in [0.25, 0.3) is 11.5 Å². The number of allylic oxidation sites excluding steroid dienone is 4. The molecule has 6 heteroatoms. The van der Waals surface area contributed by atoms with Crippen LogP contribution in [0.1, 0.15) is 29.3 Å². The number of hydrogen-bond acceptors (Lipinski definition) is 3. The van der Waals surface area contributed by atoms with E-state index in [0.717, 1.165) is 23.1 Å². The molecule has 0 aliphatic heterocycles. The van der Waals surface area contributed by atoms with E-state index in [1.54, 1.807) is 19.3 Å². The Morgan fingerprint density at radius 3 is 2.77 bits per heavy atom. The largest absolute Gasteiger partial charge is 0.378 e. The molecule has 2 aliphatic carbocycles. The van der Waals surface area contributed by atoms with E-state index in [9.17, 15) is 14.7 Å². The third-order valence-electron chi connectivity index (χ3n) is 6.44. The van der Waals surface area contributed by atoms with E-state index in [-0.39, 0.29) is 11.5 Å². The molecule has 3 aromatic rings. The number of carbonyl (C=O) groups is 1. The van der Waals surface area contributed by atoms with E-state index in [4.69, 9.17) is 0 Å². The van der Waals surface area contributed by atoms with Crippen molar-refractivity contribution in [1.82, 2.24) is 14.9 Å². The van der Waals surface area contributed by atoms with Crippen molar-refractivity contribution < 1.29 is 9.90 Å². The fraction of sp³-hybridized carbons (Fsp3) is 0.200. The number of amides is 1. The molecular formula is C25H23N3O3. The van der Waals surface area contributed by atoms with Crippen LogP contribution in [0.3, 0.4) is 0 Å². The second kappa shape index (κ2) is 6.68. The average molecular weight is 413 g/mol. The second-order valence-electron chi connectivity index (χ2n) is 8.24. The quantitative estimate of drug-likeness (QED) is 0.614. The van der Waals surface area contributed by atoms with E-state index in [2.05, 4.69) is 10.3 Å². The number of pyridine rings is 1. The van der Waals surface area contributed by atoms with Crippen molar-refractivity contribution in [3.63, 3.8) is 0 Å². The minimum atomic E-state index is -1.31. The van der Waals surface area contributed by atoms with Crippen LogP contribution in [0, 0.1) is 0 Å². The number of rotatable bonds is 4. The molecule has 0 saturated heterocycles. The number of nitrogens with zero attached hydrogens (tertiary/aromatic N) is 1. The number of benzene rings is 1. The third-order valence-corrected chi connectivity index (χ3v) is 6.44. The van der Waals surface area contributed by atoms with Gasteiger partial charge in [0.05, 0.1) is 11.1 Å². The molecule has 1 unspecified atom stereocenters. The van der Waals surface area contributed by atoms with Crippen LogP contribution >= 0.6 is 0 Å². The Labute approximate surface area is 179 Å². The molecule has 0 spiro atoms. The summed E-state index contributed by atoms with van der Waals surface area (Å²) in [7, 11) is 1.62. The van der Waals surface area contributed by atoms with Crippen LogP contribution in [-0.4, -0.2) is 26.2 Å². The zero-order valence-corrected chi connectivity index (χ0v) is 17.3. The number of carbonyl (C=O) groups excluding carboxylic acids is 1. The van der Waals surface area contributed by atoms with Gasteiger partial charge in [0.1, 0.15) is 11.1 Å². The molecule has 6 nitrogen and oxygen atoms in total. The van der Waals surface area contributed by atoms with Crippen molar-refractivity contribution in [3.05, 3.63) is 106 Å². The predicted molar refractivity (Wildman–Crippen MR) is 120 cm³/mol. The summed E-state index contributed by atoms with van der Waals surface area (Å²) in [4.78, 5) is 28.9. The van der Waals surface area contributed by atoms with Gasteiger partial charge in [-0.1, -0.05) is 54.6 Å². The minimum absolute atomic E-state index is 0.201. The number of hydrogen-bond donors (Lipinski definition) is 3. The van der Waals surface area contributed by atoms with Gasteiger partial charge in [0.15, 0.2) is 0 Å². The molecule has 2 aromatic heterocycles. The molecule has 1 aromatic carbocycles. The Balaban J connectivity index is 1.64. The van der Waals surface area contributed by atoms with Crippen molar-refractivity contribution in [3.8, 4) is 0 Å². The molecule has 2 heterocycles. The highest BCUT2D eigenvalue weighted by atomic mass is 16.3. The highest BCUT2D eigenvalue weighted by Crippen LogP contribution is 2.60. The first-order valence-electron chi connectivity index (χ1n) is 10.2. The smallest absolute Gasteiger partial charge is 0.274 e. The van der Waals surface area contributed by atoms with Crippen molar-refractivity contribution in [2.24, 2.45) is 7.05 Å². The number of nitrogens with one attached hydrogen (secondary N) is 2. The maximum Gasteiger partial charge on any atom is 0.274 e. The molecule has 31 heavy (non-hydrogen) atoms. The first-order valence-corrected chi connectivity index (χ1v) is 10.2. The minimum Gasteiger partial charge on any atom is -0.378 e. The summed E-state index contributed by atoms with van der Waals surface area (Å²) in [6, 6.07) is 11.2. The normalized spacial score (nSPS) is 21.5. The number of aliphatic hydroxyl groups is 1. The lowest BCUT2D eigenvalue weighted by Gasteiger charge is -2.36. The Hall–Kier alpha value is -3.64. The maximum atomic E-state index is 13.6.